The Labute approximate surface area is 152 Å². The molecule has 2 fully saturated rings. The molecule has 2 aliphatic rings. The van der Waals surface area contributed by atoms with E-state index in [4.69, 9.17) is 0 Å². The van der Waals surface area contributed by atoms with Gasteiger partial charge in [-0.1, -0.05) is 30.3 Å². The van der Waals surface area contributed by atoms with E-state index in [9.17, 15) is 14.4 Å². The van der Waals surface area contributed by atoms with E-state index in [2.05, 4.69) is 5.32 Å². The van der Waals surface area contributed by atoms with E-state index in [1.54, 1.807) is 36.0 Å². The van der Waals surface area contributed by atoms with Crippen molar-refractivity contribution in [3.05, 3.63) is 35.9 Å². The van der Waals surface area contributed by atoms with Crippen molar-refractivity contribution in [2.24, 2.45) is 11.8 Å². The van der Waals surface area contributed by atoms with Crippen LogP contribution in [0.1, 0.15) is 29.6 Å². The summed E-state index contributed by atoms with van der Waals surface area (Å²) >= 11 is 1.66. The summed E-state index contributed by atoms with van der Waals surface area (Å²) in [5.74, 6) is 0.711. The van der Waals surface area contributed by atoms with Crippen molar-refractivity contribution in [1.29, 1.82) is 0 Å². The Morgan fingerprint density at radius 3 is 2.52 bits per heavy atom. The molecule has 5 nitrogen and oxygen atoms in total. The van der Waals surface area contributed by atoms with Gasteiger partial charge in [0.15, 0.2) is 0 Å². The van der Waals surface area contributed by atoms with E-state index in [-0.39, 0.29) is 17.9 Å². The van der Waals surface area contributed by atoms with Crippen LogP contribution in [0.5, 0.6) is 0 Å². The molecule has 0 spiro atoms. The van der Waals surface area contributed by atoms with Gasteiger partial charge in [-0.2, -0.15) is 11.8 Å². The number of nitrogens with zero attached hydrogens (tertiary/aromatic N) is 1. The number of hydrogen-bond acceptors (Lipinski definition) is 4. The third-order valence-corrected chi connectivity index (χ3v) is 5.64. The van der Waals surface area contributed by atoms with Crippen LogP contribution in [0, 0.1) is 11.8 Å². The molecule has 2 amide bonds. The Morgan fingerprint density at radius 1 is 1.16 bits per heavy atom. The Morgan fingerprint density at radius 2 is 1.88 bits per heavy atom. The molecular weight excluding hydrogens is 336 g/mol. The normalized spacial score (nSPS) is 22.7. The lowest BCUT2D eigenvalue weighted by atomic mass is 9.97. The molecular formula is C19H24N2O3S. The summed E-state index contributed by atoms with van der Waals surface area (Å²) in [6.07, 6.45) is 4.82. The largest absolute Gasteiger partial charge is 0.344 e. The first-order valence-corrected chi connectivity index (χ1v) is 10.2. The number of ketones is 1. The smallest absolute Gasteiger partial charge is 0.292 e. The molecule has 0 aromatic heterocycles. The Hall–Kier alpha value is -1.82. The SMILES string of the molecule is CSCCC(=O)N1C[C@H](NC(=O)C(=O)c2ccccc2)[C@@H](C2CC2)C1. The summed E-state index contributed by atoms with van der Waals surface area (Å²) in [7, 11) is 0. The standard InChI is InChI=1S/C19H24N2O3S/c1-25-10-9-17(22)21-11-15(13-7-8-13)16(12-21)20-19(24)18(23)14-5-3-2-4-6-14/h2-6,13,15-16H,7-12H2,1H3,(H,20,24)/t15-,16+/m1/s1. The first-order chi connectivity index (χ1) is 12.1. The fourth-order valence-corrected chi connectivity index (χ4v) is 3.87. The third-order valence-electron chi connectivity index (χ3n) is 5.02. The summed E-state index contributed by atoms with van der Waals surface area (Å²) in [6.45, 7) is 1.21. The minimum atomic E-state index is -0.569. The number of likely N-dealkylation sites (tertiary alicyclic amines) is 1. The van der Waals surface area contributed by atoms with E-state index in [0.29, 0.717) is 31.0 Å². The van der Waals surface area contributed by atoms with Crippen LogP contribution in [0.3, 0.4) is 0 Å². The van der Waals surface area contributed by atoms with Crippen molar-refractivity contribution in [3.8, 4) is 0 Å². The number of amides is 2. The van der Waals surface area contributed by atoms with Crippen molar-refractivity contribution >= 4 is 29.4 Å². The highest BCUT2D eigenvalue weighted by atomic mass is 32.2. The fourth-order valence-electron chi connectivity index (χ4n) is 3.49. The zero-order valence-electron chi connectivity index (χ0n) is 14.4. The van der Waals surface area contributed by atoms with E-state index in [1.807, 2.05) is 17.2 Å². The molecule has 0 bridgehead atoms. The molecule has 3 rings (SSSR count). The van der Waals surface area contributed by atoms with Gasteiger partial charge in [0.1, 0.15) is 0 Å². The first kappa shape index (κ1) is 18.0. The number of hydrogen-bond donors (Lipinski definition) is 1. The van der Waals surface area contributed by atoms with E-state index < -0.39 is 11.7 Å². The molecule has 1 saturated heterocycles. The van der Waals surface area contributed by atoms with Gasteiger partial charge in [0.25, 0.3) is 5.91 Å². The molecule has 1 aromatic carbocycles. The quantitative estimate of drug-likeness (QED) is 0.596. The number of carbonyl (C=O) groups is 3. The average Bonchev–Trinajstić information content (AvgIpc) is 3.40. The second-order valence-electron chi connectivity index (χ2n) is 6.82. The van der Waals surface area contributed by atoms with Gasteiger partial charge in [0.05, 0.1) is 6.04 Å². The number of Topliss-reactive ketones (excluding diaryl/α,β-unsaturated/α-hetero) is 1. The molecule has 1 heterocycles. The highest BCUT2D eigenvalue weighted by Gasteiger charge is 2.44. The van der Waals surface area contributed by atoms with E-state index in [1.165, 1.54) is 0 Å². The highest BCUT2D eigenvalue weighted by molar-refractivity contribution is 7.98. The number of carbonyl (C=O) groups excluding carboxylic acids is 3. The maximum Gasteiger partial charge on any atom is 0.292 e. The van der Waals surface area contributed by atoms with Crippen molar-refractivity contribution in [2.75, 3.05) is 25.1 Å². The van der Waals surface area contributed by atoms with Crippen LogP contribution in [0.15, 0.2) is 30.3 Å². The fraction of sp³-hybridized carbons (Fsp3) is 0.526. The molecule has 25 heavy (non-hydrogen) atoms. The molecule has 1 aromatic rings. The third kappa shape index (κ3) is 4.42. The predicted octanol–water partition coefficient (Wildman–Crippen LogP) is 1.98. The van der Waals surface area contributed by atoms with Gasteiger partial charge in [-0.3, -0.25) is 14.4 Å². The second-order valence-corrected chi connectivity index (χ2v) is 7.80. The van der Waals surface area contributed by atoms with Crippen LogP contribution in [0.4, 0.5) is 0 Å². The number of benzene rings is 1. The highest BCUT2D eigenvalue weighted by Crippen LogP contribution is 2.41. The topological polar surface area (TPSA) is 66.5 Å². The molecule has 1 aliphatic carbocycles. The Kier molecular flexibility index (Phi) is 5.78. The Bertz CT molecular complexity index is 645. The lowest BCUT2D eigenvalue weighted by Crippen LogP contribution is -2.44. The van der Waals surface area contributed by atoms with Crippen LogP contribution >= 0.6 is 11.8 Å². The van der Waals surface area contributed by atoms with Gasteiger partial charge in [0.2, 0.25) is 11.7 Å². The van der Waals surface area contributed by atoms with Gasteiger partial charge < -0.3 is 10.2 Å². The number of nitrogens with one attached hydrogen (secondary N) is 1. The second kappa shape index (κ2) is 8.04. The minimum absolute atomic E-state index is 0.120. The number of thioether (sulfide) groups is 1. The van der Waals surface area contributed by atoms with Gasteiger partial charge >= 0.3 is 0 Å². The van der Waals surface area contributed by atoms with Gasteiger partial charge in [0, 0.05) is 36.7 Å². The molecule has 1 saturated carbocycles. The van der Waals surface area contributed by atoms with Crippen LogP contribution in [0.2, 0.25) is 0 Å². The van der Waals surface area contributed by atoms with Crippen molar-refractivity contribution in [3.63, 3.8) is 0 Å². The van der Waals surface area contributed by atoms with Crippen LogP contribution in [-0.2, 0) is 9.59 Å². The van der Waals surface area contributed by atoms with Crippen molar-refractivity contribution in [1.82, 2.24) is 10.2 Å². The molecule has 1 aliphatic heterocycles. The van der Waals surface area contributed by atoms with E-state index in [0.717, 1.165) is 18.6 Å². The minimum Gasteiger partial charge on any atom is -0.344 e. The number of rotatable bonds is 7. The van der Waals surface area contributed by atoms with Crippen molar-refractivity contribution < 1.29 is 14.4 Å². The predicted molar refractivity (Wildman–Crippen MR) is 98.5 cm³/mol. The van der Waals surface area contributed by atoms with Gasteiger partial charge in [-0.25, -0.2) is 0 Å². The van der Waals surface area contributed by atoms with Crippen LogP contribution in [-0.4, -0.2) is 53.6 Å². The summed E-state index contributed by atoms with van der Waals surface area (Å²) in [5, 5.41) is 2.90. The molecule has 2 atom stereocenters. The van der Waals surface area contributed by atoms with E-state index >= 15 is 0 Å². The average molecular weight is 360 g/mol. The monoisotopic (exact) mass is 360 g/mol. The lowest BCUT2D eigenvalue weighted by Gasteiger charge is -2.18. The lowest BCUT2D eigenvalue weighted by molar-refractivity contribution is -0.130. The molecule has 134 valence electrons. The van der Waals surface area contributed by atoms with Gasteiger partial charge in [-0.05, 0) is 25.0 Å². The summed E-state index contributed by atoms with van der Waals surface area (Å²) in [6, 6.07) is 8.48. The molecule has 0 radical (unpaired) electrons. The summed E-state index contributed by atoms with van der Waals surface area (Å²) in [4.78, 5) is 38.8. The van der Waals surface area contributed by atoms with Crippen LogP contribution in [0.25, 0.3) is 0 Å². The van der Waals surface area contributed by atoms with Gasteiger partial charge in [-0.15, -0.1) is 0 Å². The zero-order valence-corrected chi connectivity index (χ0v) is 15.3. The molecule has 0 unspecified atom stereocenters. The maximum absolute atomic E-state index is 12.4. The summed E-state index contributed by atoms with van der Waals surface area (Å²) in [5.41, 5.74) is 0.397. The Balaban J connectivity index is 1.62. The maximum atomic E-state index is 12.4. The molecule has 6 heteroatoms. The molecule has 1 N–H and O–H groups in total. The van der Waals surface area contributed by atoms with Crippen molar-refractivity contribution in [2.45, 2.75) is 25.3 Å². The summed E-state index contributed by atoms with van der Waals surface area (Å²) < 4.78 is 0. The first-order valence-electron chi connectivity index (χ1n) is 8.77. The zero-order chi connectivity index (χ0) is 17.8. The van der Waals surface area contributed by atoms with Crippen LogP contribution < -0.4 is 5.32 Å².